The van der Waals surface area contributed by atoms with Gasteiger partial charge >= 0.3 is 0 Å². The van der Waals surface area contributed by atoms with E-state index in [0.717, 1.165) is 18.9 Å². The zero-order chi connectivity index (χ0) is 15.9. The first-order valence-corrected chi connectivity index (χ1v) is 8.30. The molecule has 6 heteroatoms. The summed E-state index contributed by atoms with van der Waals surface area (Å²) in [4.78, 5) is -0.389. The summed E-state index contributed by atoms with van der Waals surface area (Å²) in [6, 6.07) is 3.40. The number of hydrogen-bond donors (Lipinski definition) is 2. The van der Waals surface area contributed by atoms with Crippen molar-refractivity contribution in [2.45, 2.75) is 44.0 Å². The van der Waals surface area contributed by atoms with Gasteiger partial charge in [-0.2, -0.15) is 0 Å². The molecule has 0 fully saturated rings. The van der Waals surface area contributed by atoms with Crippen LogP contribution in [-0.4, -0.2) is 26.2 Å². The second-order valence-corrected chi connectivity index (χ2v) is 6.45. The third-order valence-corrected chi connectivity index (χ3v) is 4.50. The van der Waals surface area contributed by atoms with Crippen molar-refractivity contribution < 1.29 is 17.9 Å². The Bertz CT molecular complexity index is 632. The van der Waals surface area contributed by atoms with Crippen LogP contribution < -0.4 is 4.72 Å². The summed E-state index contributed by atoms with van der Waals surface area (Å²) in [7, 11) is -3.88. The number of rotatable bonds is 6. The number of sulfonamides is 1. The van der Waals surface area contributed by atoms with Gasteiger partial charge in [-0.25, -0.2) is 17.5 Å². The number of aliphatic hydroxyl groups excluding tert-OH is 1. The molecule has 1 rings (SSSR count). The van der Waals surface area contributed by atoms with Crippen LogP contribution in [0.5, 0.6) is 0 Å². The minimum Gasteiger partial charge on any atom is -0.384 e. The molecule has 1 aromatic rings. The maximum atomic E-state index is 13.9. The van der Waals surface area contributed by atoms with E-state index in [1.807, 2.05) is 6.92 Å². The highest BCUT2D eigenvalue weighted by molar-refractivity contribution is 7.89. The topological polar surface area (TPSA) is 66.4 Å². The Balaban J connectivity index is 2.93. The maximum absolute atomic E-state index is 13.9. The molecule has 0 amide bonds. The maximum Gasteiger partial charge on any atom is 0.243 e. The molecule has 4 nitrogen and oxygen atoms in total. The Labute approximate surface area is 125 Å². The lowest BCUT2D eigenvalue weighted by Crippen LogP contribution is -2.33. The first-order chi connectivity index (χ1) is 9.90. The van der Waals surface area contributed by atoms with Gasteiger partial charge in [-0.15, -0.1) is 0 Å². The summed E-state index contributed by atoms with van der Waals surface area (Å²) in [5.74, 6) is 4.05. The molecule has 1 atom stereocenters. The Kier molecular flexibility index (Phi) is 6.82. The molecule has 0 bridgehead atoms. The molecule has 2 N–H and O–H groups in total. The Morgan fingerprint density at radius 2 is 2.14 bits per heavy atom. The highest BCUT2D eigenvalue weighted by Gasteiger charge is 2.21. The van der Waals surface area contributed by atoms with Gasteiger partial charge in [-0.05, 0) is 31.5 Å². The molecule has 0 aliphatic rings. The summed E-state index contributed by atoms with van der Waals surface area (Å²) >= 11 is 0. The lowest BCUT2D eigenvalue weighted by molar-refractivity contribution is 0.350. The molecule has 21 heavy (non-hydrogen) atoms. The summed E-state index contributed by atoms with van der Waals surface area (Å²) in [6.45, 7) is 3.44. The molecule has 0 radical (unpaired) electrons. The van der Waals surface area contributed by atoms with Crippen LogP contribution in [-0.2, 0) is 10.0 Å². The summed E-state index contributed by atoms with van der Waals surface area (Å²) in [6.07, 6.45) is 2.58. The molecule has 1 aromatic carbocycles. The van der Waals surface area contributed by atoms with Gasteiger partial charge in [0, 0.05) is 11.6 Å². The summed E-state index contributed by atoms with van der Waals surface area (Å²) in [5, 5.41) is 8.58. The van der Waals surface area contributed by atoms with E-state index in [1.54, 1.807) is 6.92 Å². The average Bonchev–Trinajstić information content (AvgIpc) is 2.42. The van der Waals surface area contributed by atoms with Crippen LogP contribution in [0.2, 0.25) is 0 Å². The third kappa shape index (κ3) is 5.46. The van der Waals surface area contributed by atoms with E-state index in [9.17, 15) is 12.8 Å². The van der Waals surface area contributed by atoms with Crippen LogP contribution in [0.4, 0.5) is 4.39 Å². The smallest absolute Gasteiger partial charge is 0.243 e. The molecule has 0 saturated heterocycles. The van der Waals surface area contributed by atoms with Gasteiger partial charge in [0.05, 0.1) is 0 Å². The minimum absolute atomic E-state index is 0.247. The largest absolute Gasteiger partial charge is 0.384 e. The van der Waals surface area contributed by atoms with Gasteiger partial charge in [-0.3, -0.25) is 0 Å². The van der Waals surface area contributed by atoms with E-state index < -0.39 is 15.8 Å². The third-order valence-electron chi connectivity index (χ3n) is 2.88. The summed E-state index contributed by atoms with van der Waals surface area (Å²) < 4.78 is 40.6. The van der Waals surface area contributed by atoms with Crippen LogP contribution in [0, 0.1) is 17.7 Å². The standard InChI is InChI=1S/C15H20FNO3S/c1-3-4-6-12(2)17-21(19,20)15-9-8-13(7-5-10-18)11-14(15)16/h8-9,11-12,17-18H,3-4,6,10H2,1-2H3. The van der Waals surface area contributed by atoms with E-state index >= 15 is 0 Å². The quantitative estimate of drug-likeness (QED) is 0.790. The van der Waals surface area contributed by atoms with Crippen molar-refractivity contribution in [3.05, 3.63) is 29.6 Å². The van der Waals surface area contributed by atoms with Gasteiger partial charge in [0.25, 0.3) is 0 Å². The molecule has 0 spiro atoms. The zero-order valence-electron chi connectivity index (χ0n) is 12.2. The van der Waals surface area contributed by atoms with Gasteiger partial charge in [0.15, 0.2) is 0 Å². The van der Waals surface area contributed by atoms with Gasteiger partial charge < -0.3 is 5.11 Å². The van der Waals surface area contributed by atoms with Crippen molar-refractivity contribution in [3.63, 3.8) is 0 Å². The lowest BCUT2D eigenvalue weighted by atomic mass is 10.2. The van der Waals surface area contributed by atoms with Gasteiger partial charge in [0.1, 0.15) is 17.3 Å². The van der Waals surface area contributed by atoms with E-state index in [4.69, 9.17) is 5.11 Å². The van der Waals surface area contributed by atoms with E-state index in [1.165, 1.54) is 12.1 Å². The normalized spacial score (nSPS) is 12.6. The monoisotopic (exact) mass is 313 g/mol. The van der Waals surface area contributed by atoms with Crippen molar-refractivity contribution in [3.8, 4) is 11.8 Å². The van der Waals surface area contributed by atoms with E-state index in [2.05, 4.69) is 16.6 Å². The molecule has 0 aliphatic heterocycles. The molecular weight excluding hydrogens is 293 g/mol. The molecule has 116 valence electrons. The van der Waals surface area contributed by atoms with Crippen molar-refractivity contribution in [2.75, 3.05) is 6.61 Å². The first-order valence-electron chi connectivity index (χ1n) is 6.82. The number of nitrogens with one attached hydrogen (secondary N) is 1. The predicted molar refractivity (Wildman–Crippen MR) is 79.7 cm³/mol. The number of unbranched alkanes of at least 4 members (excludes halogenated alkanes) is 1. The number of hydrogen-bond acceptors (Lipinski definition) is 3. The van der Waals surface area contributed by atoms with Crippen LogP contribution in [0.15, 0.2) is 23.1 Å². The van der Waals surface area contributed by atoms with Crippen molar-refractivity contribution in [2.24, 2.45) is 0 Å². The van der Waals surface area contributed by atoms with Crippen molar-refractivity contribution in [1.29, 1.82) is 0 Å². The molecule has 0 heterocycles. The predicted octanol–water partition coefficient (Wildman–Crippen LogP) is 2.03. The van der Waals surface area contributed by atoms with Crippen LogP contribution >= 0.6 is 0 Å². The van der Waals surface area contributed by atoms with Gasteiger partial charge in [-0.1, -0.05) is 31.6 Å². The highest BCUT2D eigenvalue weighted by atomic mass is 32.2. The fourth-order valence-corrected chi connectivity index (χ4v) is 3.17. The lowest BCUT2D eigenvalue weighted by Gasteiger charge is -2.14. The van der Waals surface area contributed by atoms with Crippen LogP contribution in [0.25, 0.3) is 0 Å². The number of benzene rings is 1. The van der Waals surface area contributed by atoms with Crippen molar-refractivity contribution in [1.82, 2.24) is 4.72 Å². The second-order valence-electron chi connectivity index (χ2n) is 4.77. The average molecular weight is 313 g/mol. The van der Waals surface area contributed by atoms with E-state index in [0.29, 0.717) is 12.0 Å². The Morgan fingerprint density at radius 3 is 2.71 bits per heavy atom. The first kappa shape index (κ1) is 17.6. The molecule has 1 unspecified atom stereocenters. The van der Waals surface area contributed by atoms with E-state index in [-0.39, 0.29) is 17.5 Å². The van der Waals surface area contributed by atoms with Crippen LogP contribution in [0.3, 0.4) is 0 Å². The zero-order valence-corrected chi connectivity index (χ0v) is 13.0. The molecule has 0 saturated carbocycles. The fourth-order valence-electron chi connectivity index (χ4n) is 1.84. The number of aliphatic hydroxyl groups is 1. The summed E-state index contributed by atoms with van der Waals surface area (Å²) in [5.41, 5.74) is 0.319. The second kappa shape index (κ2) is 8.13. The SMILES string of the molecule is CCCCC(C)NS(=O)(=O)c1ccc(C#CCO)cc1F. The van der Waals surface area contributed by atoms with Crippen LogP contribution in [0.1, 0.15) is 38.7 Å². The molecule has 0 aromatic heterocycles. The van der Waals surface area contributed by atoms with Gasteiger partial charge in [0.2, 0.25) is 10.0 Å². The fraction of sp³-hybridized carbons (Fsp3) is 0.467. The Hall–Kier alpha value is -1.42. The molecule has 0 aliphatic carbocycles. The van der Waals surface area contributed by atoms with Crippen molar-refractivity contribution >= 4 is 10.0 Å². The number of halogens is 1. The molecular formula is C15H20FNO3S. The Morgan fingerprint density at radius 1 is 1.43 bits per heavy atom. The minimum atomic E-state index is -3.88. The highest BCUT2D eigenvalue weighted by Crippen LogP contribution is 2.16.